The van der Waals surface area contributed by atoms with Crippen molar-refractivity contribution in [1.29, 1.82) is 0 Å². The van der Waals surface area contributed by atoms with E-state index in [0.717, 1.165) is 17.0 Å². The molecule has 2 heterocycles. The van der Waals surface area contributed by atoms with Crippen molar-refractivity contribution >= 4 is 52.5 Å². The molecule has 2 aromatic carbocycles. The van der Waals surface area contributed by atoms with Crippen molar-refractivity contribution in [3.63, 3.8) is 0 Å². The lowest BCUT2D eigenvalue weighted by Crippen LogP contribution is -2.54. The van der Waals surface area contributed by atoms with E-state index in [9.17, 15) is 22.8 Å². The molecular formula is C22H12ClF3N2O3S. The van der Waals surface area contributed by atoms with Crippen LogP contribution in [-0.2, 0) is 15.8 Å². The van der Waals surface area contributed by atoms with Crippen molar-refractivity contribution in [3.8, 4) is 11.3 Å². The molecule has 1 aliphatic heterocycles. The minimum Gasteiger partial charge on any atom is -0.457 e. The highest BCUT2D eigenvalue weighted by Gasteiger charge is 2.35. The van der Waals surface area contributed by atoms with Crippen LogP contribution in [0.5, 0.6) is 0 Å². The van der Waals surface area contributed by atoms with Crippen LogP contribution >= 0.6 is 23.8 Å². The van der Waals surface area contributed by atoms with Crippen LogP contribution in [0.4, 0.5) is 18.9 Å². The molecule has 0 radical (unpaired) electrons. The molecule has 4 rings (SSSR count). The van der Waals surface area contributed by atoms with Crippen LogP contribution in [0, 0.1) is 0 Å². The summed E-state index contributed by atoms with van der Waals surface area (Å²) in [6.45, 7) is 0. The molecule has 0 aliphatic carbocycles. The lowest BCUT2D eigenvalue weighted by atomic mass is 10.1. The topological polar surface area (TPSA) is 62.6 Å². The monoisotopic (exact) mass is 476 g/mol. The van der Waals surface area contributed by atoms with Gasteiger partial charge in [0.2, 0.25) is 0 Å². The van der Waals surface area contributed by atoms with Gasteiger partial charge >= 0.3 is 6.18 Å². The van der Waals surface area contributed by atoms with E-state index in [1.54, 1.807) is 24.3 Å². The van der Waals surface area contributed by atoms with E-state index in [4.69, 9.17) is 28.2 Å². The molecule has 1 fully saturated rings. The Morgan fingerprint density at radius 2 is 1.75 bits per heavy atom. The first kappa shape index (κ1) is 21.8. The number of nitrogens with zero attached hydrogens (tertiary/aromatic N) is 1. The molecule has 0 unspecified atom stereocenters. The lowest BCUT2D eigenvalue weighted by Gasteiger charge is -2.28. The normalized spacial score (nSPS) is 15.9. The number of alkyl halides is 3. The molecule has 0 bridgehead atoms. The zero-order chi connectivity index (χ0) is 23.0. The number of anilines is 1. The minimum absolute atomic E-state index is 0.0939. The van der Waals surface area contributed by atoms with E-state index in [-0.39, 0.29) is 27.8 Å². The van der Waals surface area contributed by atoms with E-state index in [2.05, 4.69) is 5.32 Å². The Labute approximate surface area is 190 Å². The number of furan rings is 1. The number of carbonyl (C=O) groups is 2. The van der Waals surface area contributed by atoms with Gasteiger partial charge < -0.3 is 4.42 Å². The van der Waals surface area contributed by atoms with Crippen LogP contribution in [-0.4, -0.2) is 16.9 Å². The maximum Gasteiger partial charge on any atom is 0.416 e. The summed E-state index contributed by atoms with van der Waals surface area (Å²) in [7, 11) is 0. The molecule has 3 aromatic rings. The third-order valence-electron chi connectivity index (χ3n) is 4.57. The molecule has 1 N–H and O–H groups in total. The van der Waals surface area contributed by atoms with Gasteiger partial charge in [0.15, 0.2) is 5.11 Å². The second-order valence-electron chi connectivity index (χ2n) is 6.71. The number of nitrogens with one attached hydrogen (secondary N) is 1. The minimum atomic E-state index is -4.50. The van der Waals surface area contributed by atoms with Gasteiger partial charge in [0, 0.05) is 10.6 Å². The van der Waals surface area contributed by atoms with Gasteiger partial charge in [0.25, 0.3) is 11.8 Å². The van der Waals surface area contributed by atoms with E-state index < -0.39 is 23.6 Å². The standard InChI is InChI=1S/C22H12ClF3N2O3S/c23-14-4-6-15(7-5-14)28-20(30)17(19(29)27-21(28)32)11-16-8-9-18(31-16)12-2-1-3-13(10-12)22(24,25)26/h1-11H,(H,27,29,32)/b17-11+. The quantitative estimate of drug-likeness (QED) is 0.310. The molecule has 32 heavy (non-hydrogen) atoms. The molecule has 0 saturated carbocycles. The van der Waals surface area contributed by atoms with Crippen molar-refractivity contribution in [3.05, 3.63) is 82.6 Å². The van der Waals surface area contributed by atoms with Gasteiger partial charge in [-0.05, 0) is 66.8 Å². The van der Waals surface area contributed by atoms with Gasteiger partial charge in [-0.25, -0.2) is 0 Å². The Hall–Kier alpha value is -3.43. The average Bonchev–Trinajstić information content (AvgIpc) is 3.21. The molecule has 0 spiro atoms. The van der Waals surface area contributed by atoms with Crippen LogP contribution < -0.4 is 10.2 Å². The second-order valence-corrected chi connectivity index (χ2v) is 7.54. The Morgan fingerprint density at radius 3 is 2.44 bits per heavy atom. The number of hydrogen-bond acceptors (Lipinski definition) is 4. The molecule has 1 saturated heterocycles. The predicted octanol–water partition coefficient (Wildman–Crippen LogP) is 5.45. The Morgan fingerprint density at radius 1 is 1.03 bits per heavy atom. The van der Waals surface area contributed by atoms with Crippen molar-refractivity contribution in [1.82, 2.24) is 5.32 Å². The van der Waals surface area contributed by atoms with E-state index in [1.807, 2.05) is 0 Å². The van der Waals surface area contributed by atoms with Gasteiger partial charge in [0.1, 0.15) is 17.1 Å². The van der Waals surface area contributed by atoms with Gasteiger partial charge in [0.05, 0.1) is 11.3 Å². The zero-order valence-corrected chi connectivity index (χ0v) is 17.5. The Kier molecular flexibility index (Phi) is 5.62. The summed E-state index contributed by atoms with van der Waals surface area (Å²) in [5.74, 6) is -1.14. The maximum atomic E-state index is 13.0. The Balaban J connectivity index is 1.66. The van der Waals surface area contributed by atoms with E-state index in [1.165, 1.54) is 30.3 Å². The lowest BCUT2D eigenvalue weighted by molar-refractivity contribution is -0.137. The first-order valence-electron chi connectivity index (χ1n) is 9.08. The Bertz CT molecular complexity index is 1270. The summed E-state index contributed by atoms with van der Waals surface area (Å²) in [6, 6.07) is 13.8. The summed E-state index contributed by atoms with van der Waals surface area (Å²) < 4.78 is 44.5. The predicted molar refractivity (Wildman–Crippen MR) is 117 cm³/mol. The van der Waals surface area contributed by atoms with Gasteiger partial charge in [-0.3, -0.25) is 19.8 Å². The maximum absolute atomic E-state index is 13.0. The summed E-state index contributed by atoms with van der Waals surface area (Å²) in [6.07, 6.45) is -3.29. The molecule has 2 amide bonds. The zero-order valence-electron chi connectivity index (χ0n) is 15.9. The highest BCUT2D eigenvalue weighted by atomic mass is 35.5. The number of benzene rings is 2. The fourth-order valence-electron chi connectivity index (χ4n) is 3.06. The van der Waals surface area contributed by atoms with E-state index >= 15 is 0 Å². The van der Waals surface area contributed by atoms with Gasteiger partial charge in [-0.1, -0.05) is 23.7 Å². The van der Waals surface area contributed by atoms with Crippen molar-refractivity contribution in [2.75, 3.05) is 4.90 Å². The SMILES string of the molecule is O=C1NC(=S)N(c2ccc(Cl)cc2)C(=O)/C1=C/c1ccc(-c2cccc(C(F)(F)F)c2)o1. The number of amides is 2. The highest BCUT2D eigenvalue weighted by molar-refractivity contribution is 7.80. The molecule has 10 heteroatoms. The molecule has 1 aliphatic rings. The molecule has 5 nitrogen and oxygen atoms in total. The van der Waals surface area contributed by atoms with Crippen molar-refractivity contribution < 1.29 is 27.2 Å². The summed E-state index contributed by atoms with van der Waals surface area (Å²) in [5, 5.41) is 2.80. The number of thiocarbonyl (C=S) groups is 1. The average molecular weight is 477 g/mol. The first-order chi connectivity index (χ1) is 15.1. The van der Waals surface area contributed by atoms with E-state index in [0.29, 0.717) is 10.7 Å². The number of hydrogen-bond donors (Lipinski definition) is 1. The molecule has 1 aromatic heterocycles. The third kappa shape index (κ3) is 4.30. The summed E-state index contributed by atoms with van der Waals surface area (Å²) in [5.41, 5.74) is -0.467. The fourth-order valence-corrected chi connectivity index (χ4v) is 3.47. The summed E-state index contributed by atoms with van der Waals surface area (Å²) in [4.78, 5) is 26.5. The van der Waals surface area contributed by atoms with Crippen molar-refractivity contribution in [2.24, 2.45) is 0 Å². The highest BCUT2D eigenvalue weighted by Crippen LogP contribution is 2.33. The fraction of sp³-hybridized carbons (Fsp3) is 0.0455. The molecule has 0 atom stereocenters. The second kappa shape index (κ2) is 8.25. The number of carbonyl (C=O) groups excluding carboxylic acids is 2. The largest absolute Gasteiger partial charge is 0.457 e. The summed E-state index contributed by atoms with van der Waals surface area (Å²) >= 11 is 11.0. The smallest absolute Gasteiger partial charge is 0.416 e. The molecular weight excluding hydrogens is 465 g/mol. The van der Waals surface area contributed by atoms with Crippen LogP contribution in [0.3, 0.4) is 0 Å². The third-order valence-corrected chi connectivity index (χ3v) is 5.11. The first-order valence-corrected chi connectivity index (χ1v) is 9.86. The van der Waals surface area contributed by atoms with Crippen LogP contribution in [0.15, 0.2) is 70.7 Å². The number of halogens is 4. The number of rotatable bonds is 3. The van der Waals surface area contributed by atoms with Crippen molar-refractivity contribution in [2.45, 2.75) is 6.18 Å². The van der Waals surface area contributed by atoms with Crippen LogP contribution in [0.25, 0.3) is 17.4 Å². The van der Waals surface area contributed by atoms with Crippen LogP contribution in [0.1, 0.15) is 11.3 Å². The van der Waals surface area contributed by atoms with Gasteiger partial charge in [-0.2, -0.15) is 13.2 Å². The molecule has 162 valence electrons. The van der Waals surface area contributed by atoms with Crippen LogP contribution in [0.2, 0.25) is 5.02 Å². The van der Waals surface area contributed by atoms with Gasteiger partial charge in [-0.15, -0.1) is 0 Å².